The highest BCUT2D eigenvalue weighted by Crippen LogP contribution is 2.40. The van der Waals surface area contributed by atoms with Crippen LogP contribution in [0, 0.1) is 12.8 Å². The molecule has 1 aliphatic heterocycles. The van der Waals surface area contributed by atoms with Crippen molar-refractivity contribution in [1.29, 1.82) is 0 Å². The van der Waals surface area contributed by atoms with Crippen LogP contribution in [0.5, 0.6) is 5.75 Å². The van der Waals surface area contributed by atoms with Gasteiger partial charge in [0.2, 0.25) is 0 Å². The van der Waals surface area contributed by atoms with E-state index in [1.54, 1.807) is 14.0 Å². The van der Waals surface area contributed by atoms with Crippen molar-refractivity contribution in [2.75, 3.05) is 14.2 Å². The summed E-state index contributed by atoms with van der Waals surface area (Å²) in [6, 6.07) is 14.8. The number of aryl methyl sites for hydroxylation is 1. The molecular formula is C22H25NO4. The van der Waals surface area contributed by atoms with Crippen LogP contribution in [0.1, 0.15) is 40.9 Å². The van der Waals surface area contributed by atoms with Gasteiger partial charge in [0.25, 0.3) is 0 Å². The van der Waals surface area contributed by atoms with Gasteiger partial charge in [-0.15, -0.1) is 0 Å². The molecule has 1 N–H and O–H groups in total. The maximum atomic E-state index is 13.2. The predicted octanol–water partition coefficient (Wildman–Crippen LogP) is 3.47. The highest BCUT2D eigenvalue weighted by atomic mass is 16.5. The Balaban J connectivity index is 1.97. The number of ketones is 1. The lowest BCUT2D eigenvalue weighted by molar-refractivity contribution is -0.147. The average molecular weight is 367 g/mol. The summed E-state index contributed by atoms with van der Waals surface area (Å²) in [7, 11) is 2.98. The third-order valence-corrected chi connectivity index (χ3v) is 5.29. The highest BCUT2D eigenvalue weighted by molar-refractivity contribution is 5.99. The lowest BCUT2D eigenvalue weighted by Gasteiger charge is -2.23. The maximum Gasteiger partial charge on any atom is 0.325 e. The van der Waals surface area contributed by atoms with Crippen LogP contribution in [0.15, 0.2) is 48.5 Å². The first-order valence-corrected chi connectivity index (χ1v) is 8.99. The molecule has 0 spiro atoms. The number of ether oxygens (including phenoxy) is 2. The summed E-state index contributed by atoms with van der Waals surface area (Å²) in [6.07, 6.45) is 0.378. The fourth-order valence-electron chi connectivity index (χ4n) is 3.73. The van der Waals surface area contributed by atoms with Gasteiger partial charge < -0.3 is 9.47 Å². The number of nitrogens with one attached hydrogen (secondary N) is 1. The smallest absolute Gasteiger partial charge is 0.325 e. The summed E-state index contributed by atoms with van der Waals surface area (Å²) >= 11 is 0. The van der Waals surface area contributed by atoms with Crippen molar-refractivity contribution >= 4 is 11.8 Å². The molecule has 3 rings (SSSR count). The molecule has 0 amide bonds. The van der Waals surface area contributed by atoms with Crippen molar-refractivity contribution in [3.8, 4) is 5.75 Å². The molecule has 5 nitrogen and oxygen atoms in total. The fraction of sp³-hybridized carbons (Fsp3) is 0.364. The van der Waals surface area contributed by atoms with Gasteiger partial charge in [-0.3, -0.25) is 14.9 Å². The number of methoxy groups -OCH3 is 2. The highest BCUT2D eigenvalue weighted by Gasteiger charge is 2.50. The third kappa shape index (κ3) is 3.74. The minimum Gasteiger partial charge on any atom is -0.497 e. The summed E-state index contributed by atoms with van der Waals surface area (Å²) in [5, 5.41) is 3.35. The second-order valence-corrected chi connectivity index (χ2v) is 7.26. The van der Waals surface area contributed by atoms with E-state index in [0.717, 1.165) is 16.9 Å². The first-order chi connectivity index (χ1) is 12.9. The molecule has 1 heterocycles. The Kier molecular flexibility index (Phi) is 5.33. The predicted molar refractivity (Wildman–Crippen MR) is 103 cm³/mol. The van der Waals surface area contributed by atoms with Gasteiger partial charge in [0.1, 0.15) is 11.3 Å². The molecule has 0 aromatic heterocycles. The Morgan fingerprint density at radius 1 is 1.04 bits per heavy atom. The normalized spacial score (nSPS) is 24.4. The summed E-state index contributed by atoms with van der Waals surface area (Å²) in [5.41, 5.74) is 1.78. The molecule has 2 aromatic carbocycles. The number of benzene rings is 2. The molecule has 0 radical (unpaired) electrons. The van der Waals surface area contributed by atoms with E-state index in [4.69, 9.17) is 9.47 Å². The minimum atomic E-state index is -0.912. The van der Waals surface area contributed by atoms with Crippen molar-refractivity contribution < 1.29 is 19.1 Å². The van der Waals surface area contributed by atoms with Crippen LogP contribution in [0.2, 0.25) is 0 Å². The average Bonchev–Trinajstić information content (AvgIpc) is 3.06. The molecule has 3 atom stereocenters. The SMILES string of the molecule is COC(=O)[C@@]1(C)C[C@@H](C(=O)c2ccc(C)cc2)[C@@H](c2ccc(OC)cc2)N1. The molecule has 0 saturated carbocycles. The van der Waals surface area contributed by atoms with Crippen LogP contribution < -0.4 is 10.1 Å². The first kappa shape index (κ1) is 19.1. The Morgan fingerprint density at radius 3 is 2.22 bits per heavy atom. The van der Waals surface area contributed by atoms with Crippen LogP contribution in [-0.4, -0.2) is 31.5 Å². The van der Waals surface area contributed by atoms with E-state index < -0.39 is 5.54 Å². The first-order valence-electron chi connectivity index (χ1n) is 8.99. The third-order valence-electron chi connectivity index (χ3n) is 5.29. The molecule has 2 aromatic rings. The number of hydrogen-bond acceptors (Lipinski definition) is 5. The second-order valence-electron chi connectivity index (χ2n) is 7.26. The number of Topliss-reactive ketones (excluding diaryl/α,β-unsaturated/α-hetero) is 1. The van der Waals surface area contributed by atoms with Gasteiger partial charge in [0.15, 0.2) is 5.78 Å². The second kappa shape index (κ2) is 7.53. The number of carbonyl (C=O) groups is 2. The Labute approximate surface area is 159 Å². The zero-order valence-corrected chi connectivity index (χ0v) is 16.1. The van der Waals surface area contributed by atoms with Crippen LogP contribution in [0.4, 0.5) is 0 Å². The van der Waals surface area contributed by atoms with Crippen LogP contribution in [0.25, 0.3) is 0 Å². The Morgan fingerprint density at radius 2 is 1.67 bits per heavy atom. The zero-order chi connectivity index (χ0) is 19.6. The van der Waals surface area contributed by atoms with Crippen LogP contribution in [-0.2, 0) is 9.53 Å². The quantitative estimate of drug-likeness (QED) is 0.648. The van der Waals surface area contributed by atoms with E-state index in [0.29, 0.717) is 12.0 Å². The Hall–Kier alpha value is -2.66. The summed E-state index contributed by atoms with van der Waals surface area (Å²) < 4.78 is 10.2. The molecule has 0 unspecified atom stereocenters. The minimum absolute atomic E-state index is 0.0240. The maximum absolute atomic E-state index is 13.2. The van der Waals surface area contributed by atoms with E-state index >= 15 is 0 Å². The van der Waals surface area contributed by atoms with E-state index in [-0.39, 0.29) is 23.7 Å². The molecular weight excluding hydrogens is 342 g/mol. The van der Waals surface area contributed by atoms with Gasteiger partial charge in [0, 0.05) is 17.5 Å². The van der Waals surface area contributed by atoms with Crippen molar-refractivity contribution in [3.63, 3.8) is 0 Å². The topological polar surface area (TPSA) is 64.6 Å². The van der Waals surface area contributed by atoms with Gasteiger partial charge in [-0.05, 0) is 38.0 Å². The molecule has 1 saturated heterocycles. The molecule has 27 heavy (non-hydrogen) atoms. The summed E-state index contributed by atoms with van der Waals surface area (Å²) in [5.74, 6) is 0.0373. The van der Waals surface area contributed by atoms with Gasteiger partial charge in [-0.25, -0.2) is 0 Å². The Bertz CT molecular complexity index is 828. The van der Waals surface area contributed by atoms with E-state index in [1.807, 2.05) is 55.5 Å². The van der Waals surface area contributed by atoms with Crippen molar-refractivity contribution in [3.05, 3.63) is 65.2 Å². The standard InChI is InChI=1S/C22H25NO4/c1-14-5-7-16(8-6-14)20(24)18-13-22(2,21(25)27-4)23-19(18)15-9-11-17(26-3)12-10-15/h5-12,18-19,23H,13H2,1-4H3/t18-,19-,22-/m1/s1. The molecule has 0 aliphatic carbocycles. The van der Waals surface area contributed by atoms with Gasteiger partial charge in [-0.2, -0.15) is 0 Å². The molecule has 1 fully saturated rings. The largest absolute Gasteiger partial charge is 0.497 e. The van der Waals surface area contributed by atoms with Crippen molar-refractivity contribution in [2.24, 2.45) is 5.92 Å². The summed E-state index contributed by atoms with van der Waals surface area (Å²) in [4.78, 5) is 25.6. The van der Waals surface area contributed by atoms with Gasteiger partial charge in [0.05, 0.1) is 14.2 Å². The van der Waals surface area contributed by atoms with Crippen molar-refractivity contribution in [1.82, 2.24) is 5.32 Å². The summed E-state index contributed by atoms with van der Waals surface area (Å²) in [6.45, 7) is 3.78. The van der Waals surface area contributed by atoms with Gasteiger partial charge in [-0.1, -0.05) is 42.0 Å². The number of esters is 1. The lowest BCUT2D eigenvalue weighted by Crippen LogP contribution is -2.45. The van der Waals surface area contributed by atoms with Crippen molar-refractivity contribution in [2.45, 2.75) is 31.8 Å². The van der Waals surface area contributed by atoms with Crippen LogP contribution >= 0.6 is 0 Å². The van der Waals surface area contributed by atoms with Crippen LogP contribution in [0.3, 0.4) is 0 Å². The fourth-order valence-corrected chi connectivity index (χ4v) is 3.73. The van der Waals surface area contributed by atoms with E-state index in [2.05, 4.69) is 5.32 Å². The molecule has 0 bridgehead atoms. The van der Waals surface area contributed by atoms with E-state index in [9.17, 15) is 9.59 Å². The number of rotatable bonds is 5. The molecule has 5 heteroatoms. The molecule has 142 valence electrons. The number of hydrogen-bond donors (Lipinski definition) is 1. The van der Waals surface area contributed by atoms with E-state index in [1.165, 1.54) is 7.11 Å². The monoisotopic (exact) mass is 367 g/mol. The molecule has 1 aliphatic rings. The number of carbonyl (C=O) groups excluding carboxylic acids is 2. The lowest BCUT2D eigenvalue weighted by atomic mass is 9.84. The van der Waals surface area contributed by atoms with Gasteiger partial charge >= 0.3 is 5.97 Å². The zero-order valence-electron chi connectivity index (χ0n) is 16.1.